The molecule has 1 unspecified atom stereocenters. The Morgan fingerprint density at radius 1 is 1.35 bits per heavy atom. The van der Waals surface area contributed by atoms with Gasteiger partial charge in [-0.3, -0.25) is 4.40 Å². The fourth-order valence-electron chi connectivity index (χ4n) is 3.75. The molecule has 0 spiro atoms. The second-order valence-electron chi connectivity index (χ2n) is 6.37. The number of aromatic nitrogens is 2. The molecule has 0 aliphatic carbocycles. The minimum Gasteiger partial charge on any atom is -0.354 e. The molecule has 0 fully saturated rings. The molecule has 0 saturated heterocycles. The standard InChI is InChI=1S/C19H20N4/c1-4-12(2)22-10-9-14-13(3)15(11-20)18-21-16-7-5-6-8-17(16)23(18)19(14)22/h5-8,12H,4,9-10H2,1-3H3. The molecule has 1 aliphatic heterocycles. The molecule has 3 aromatic rings. The van der Waals surface area contributed by atoms with Crippen LogP contribution < -0.4 is 4.90 Å². The average Bonchev–Trinajstić information content (AvgIpc) is 3.15. The molecule has 0 bridgehead atoms. The first-order valence-electron chi connectivity index (χ1n) is 8.26. The number of anilines is 1. The van der Waals surface area contributed by atoms with Crippen LogP contribution in [-0.2, 0) is 6.42 Å². The third-order valence-electron chi connectivity index (χ3n) is 5.20. The van der Waals surface area contributed by atoms with Gasteiger partial charge in [-0.2, -0.15) is 5.26 Å². The van der Waals surface area contributed by atoms with Crippen LogP contribution in [-0.4, -0.2) is 22.0 Å². The summed E-state index contributed by atoms with van der Waals surface area (Å²) in [7, 11) is 0. The summed E-state index contributed by atoms with van der Waals surface area (Å²) in [5, 5.41) is 9.68. The van der Waals surface area contributed by atoms with Gasteiger partial charge in [0, 0.05) is 12.6 Å². The molecule has 0 radical (unpaired) electrons. The van der Waals surface area contributed by atoms with E-state index in [0.717, 1.165) is 41.6 Å². The van der Waals surface area contributed by atoms with E-state index in [1.807, 2.05) is 18.2 Å². The van der Waals surface area contributed by atoms with Crippen LogP contribution in [0.15, 0.2) is 24.3 Å². The maximum absolute atomic E-state index is 9.68. The van der Waals surface area contributed by atoms with Gasteiger partial charge in [0.05, 0.1) is 16.6 Å². The number of imidazole rings is 1. The molecule has 2 aromatic heterocycles. The lowest BCUT2D eigenvalue weighted by molar-refractivity contribution is 0.629. The molecular formula is C19H20N4. The Morgan fingerprint density at radius 2 is 2.13 bits per heavy atom. The smallest absolute Gasteiger partial charge is 0.157 e. The van der Waals surface area contributed by atoms with E-state index in [9.17, 15) is 5.26 Å². The van der Waals surface area contributed by atoms with Gasteiger partial charge in [-0.1, -0.05) is 19.1 Å². The predicted molar refractivity (Wildman–Crippen MR) is 93.0 cm³/mol. The summed E-state index contributed by atoms with van der Waals surface area (Å²) < 4.78 is 2.20. The van der Waals surface area contributed by atoms with E-state index < -0.39 is 0 Å². The third kappa shape index (κ3) is 1.80. The highest BCUT2D eigenvalue weighted by atomic mass is 15.3. The van der Waals surface area contributed by atoms with Crippen molar-refractivity contribution in [3.63, 3.8) is 0 Å². The zero-order chi connectivity index (χ0) is 16.1. The summed E-state index contributed by atoms with van der Waals surface area (Å²) in [4.78, 5) is 7.23. The minimum atomic E-state index is 0.480. The van der Waals surface area contributed by atoms with Crippen molar-refractivity contribution in [2.24, 2.45) is 0 Å². The number of para-hydroxylation sites is 2. The van der Waals surface area contributed by atoms with Gasteiger partial charge in [-0.25, -0.2) is 4.98 Å². The number of nitrogens with zero attached hydrogens (tertiary/aromatic N) is 4. The fourth-order valence-corrected chi connectivity index (χ4v) is 3.75. The summed E-state index contributed by atoms with van der Waals surface area (Å²) >= 11 is 0. The Kier molecular flexibility index (Phi) is 3.05. The number of rotatable bonds is 2. The molecule has 1 atom stereocenters. The summed E-state index contributed by atoms with van der Waals surface area (Å²) in [6.07, 6.45) is 2.11. The summed E-state index contributed by atoms with van der Waals surface area (Å²) in [5.41, 5.74) is 5.94. The van der Waals surface area contributed by atoms with E-state index >= 15 is 0 Å². The first kappa shape index (κ1) is 14.1. The zero-order valence-electron chi connectivity index (χ0n) is 13.8. The van der Waals surface area contributed by atoms with Crippen molar-refractivity contribution in [3.05, 3.63) is 41.0 Å². The minimum absolute atomic E-state index is 0.480. The molecule has 0 N–H and O–H groups in total. The lowest BCUT2D eigenvalue weighted by atomic mass is 10.0. The first-order chi connectivity index (χ1) is 11.2. The average molecular weight is 304 g/mol. The van der Waals surface area contributed by atoms with Crippen LogP contribution in [0.2, 0.25) is 0 Å². The Morgan fingerprint density at radius 3 is 2.87 bits per heavy atom. The molecule has 3 heterocycles. The molecular weight excluding hydrogens is 284 g/mol. The van der Waals surface area contributed by atoms with Crippen molar-refractivity contribution < 1.29 is 0 Å². The molecule has 116 valence electrons. The van der Waals surface area contributed by atoms with E-state index in [2.05, 4.69) is 42.2 Å². The Bertz CT molecular complexity index is 961. The first-order valence-corrected chi connectivity index (χ1v) is 8.26. The van der Waals surface area contributed by atoms with Crippen molar-refractivity contribution in [1.82, 2.24) is 9.38 Å². The largest absolute Gasteiger partial charge is 0.354 e. The topological polar surface area (TPSA) is 44.3 Å². The summed E-state index contributed by atoms with van der Waals surface area (Å²) in [5.74, 6) is 1.24. The van der Waals surface area contributed by atoms with Gasteiger partial charge in [-0.15, -0.1) is 0 Å². The van der Waals surface area contributed by atoms with E-state index in [4.69, 9.17) is 4.98 Å². The predicted octanol–water partition coefficient (Wildman–Crippen LogP) is 3.83. The molecule has 1 aliphatic rings. The van der Waals surface area contributed by atoms with E-state index in [0.29, 0.717) is 11.6 Å². The van der Waals surface area contributed by atoms with Gasteiger partial charge in [0.15, 0.2) is 5.65 Å². The lowest BCUT2D eigenvalue weighted by Crippen LogP contribution is -2.31. The van der Waals surface area contributed by atoms with Crippen molar-refractivity contribution in [2.75, 3.05) is 11.4 Å². The molecule has 1 aromatic carbocycles. The maximum Gasteiger partial charge on any atom is 0.157 e. The lowest BCUT2D eigenvalue weighted by Gasteiger charge is -2.27. The van der Waals surface area contributed by atoms with Gasteiger partial charge in [0.25, 0.3) is 0 Å². The van der Waals surface area contributed by atoms with Gasteiger partial charge >= 0.3 is 0 Å². The van der Waals surface area contributed by atoms with Crippen molar-refractivity contribution in [1.29, 1.82) is 5.26 Å². The van der Waals surface area contributed by atoms with Crippen LogP contribution in [0.4, 0.5) is 5.82 Å². The van der Waals surface area contributed by atoms with E-state index in [-0.39, 0.29) is 0 Å². The van der Waals surface area contributed by atoms with Crippen molar-refractivity contribution >= 4 is 22.5 Å². The summed E-state index contributed by atoms with van der Waals surface area (Å²) in [6.45, 7) is 7.58. The molecule has 4 nitrogen and oxygen atoms in total. The van der Waals surface area contributed by atoms with Crippen LogP contribution in [0.5, 0.6) is 0 Å². The van der Waals surface area contributed by atoms with Gasteiger partial charge < -0.3 is 4.90 Å². The second-order valence-corrected chi connectivity index (χ2v) is 6.37. The Balaban J connectivity index is 2.19. The molecule has 4 rings (SSSR count). The SMILES string of the molecule is CCC(C)N1CCc2c(C)c(C#N)c3nc4ccccc4n3c21. The fraction of sp³-hybridized carbons (Fsp3) is 0.368. The molecule has 4 heteroatoms. The van der Waals surface area contributed by atoms with E-state index in [1.54, 1.807) is 0 Å². The van der Waals surface area contributed by atoms with Gasteiger partial charge in [0.1, 0.15) is 11.9 Å². The quantitative estimate of drug-likeness (QED) is 0.723. The van der Waals surface area contributed by atoms with Crippen LogP contribution >= 0.6 is 0 Å². The maximum atomic E-state index is 9.68. The highest BCUT2D eigenvalue weighted by molar-refractivity contribution is 5.86. The number of benzene rings is 1. The van der Waals surface area contributed by atoms with E-state index in [1.165, 1.54) is 11.4 Å². The number of pyridine rings is 1. The van der Waals surface area contributed by atoms with Crippen molar-refractivity contribution in [2.45, 2.75) is 39.7 Å². The van der Waals surface area contributed by atoms with Crippen LogP contribution in [0.25, 0.3) is 16.7 Å². The van der Waals surface area contributed by atoms with Crippen LogP contribution in [0, 0.1) is 18.3 Å². The highest BCUT2D eigenvalue weighted by Gasteiger charge is 2.30. The highest BCUT2D eigenvalue weighted by Crippen LogP contribution is 2.38. The third-order valence-corrected chi connectivity index (χ3v) is 5.20. The van der Waals surface area contributed by atoms with Crippen molar-refractivity contribution in [3.8, 4) is 6.07 Å². The summed E-state index contributed by atoms with van der Waals surface area (Å²) in [6, 6.07) is 11.0. The second kappa shape index (κ2) is 4.99. The van der Waals surface area contributed by atoms with Crippen LogP contribution in [0.3, 0.4) is 0 Å². The molecule has 0 amide bonds. The number of hydrogen-bond acceptors (Lipinski definition) is 3. The Hall–Kier alpha value is -2.54. The number of nitriles is 1. The number of hydrogen-bond donors (Lipinski definition) is 0. The Labute approximate surface area is 136 Å². The normalized spacial score (nSPS) is 15.1. The monoisotopic (exact) mass is 304 g/mol. The number of fused-ring (bicyclic) bond motifs is 5. The van der Waals surface area contributed by atoms with Gasteiger partial charge in [0.2, 0.25) is 0 Å². The zero-order valence-corrected chi connectivity index (χ0v) is 13.8. The molecule has 0 saturated carbocycles. The van der Waals surface area contributed by atoms with Crippen LogP contribution in [0.1, 0.15) is 37.0 Å². The van der Waals surface area contributed by atoms with Gasteiger partial charge in [-0.05, 0) is 49.9 Å². The molecule has 23 heavy (non-hydrogen) atoms.